The van der Waals surface area contributed by atoms with Crippen molar-refractivity contribution in [1.29, 1.82) is 0 Å². The molecule has 3 heteroatoms. The minimum atomic E-state index is -0.196. The Hall–Kier alpha value is -1.35. The molecule has 1 unspecified atom stereocenters. The summed E-state index contributed by atoms with van der Waals surface area (Å²) in [5.74, 6) is 0.236. The van der Waals surface area contributed by atoms with E-state index >= 15 is 0 Å². The van der Waals surface area contributed by atoms with Crippen LogP contribution in [-0.2, 0) is 11.2 Å². The van der Waals surface area contributed by atoms with E-state index in [1.807, 2.05) is 13.1 Å². The Bertz CT molecular complexity index is 505. The van der Waals surface area contributed by atoms with Gasteiger partial charge in [-0.3, -0.25) is 4.79 Å². The molecule has 0 spiro atoms. The number of benzene rings is 1. The average molecular weight is 258 g/mol. The molecule has 1 fully saturated rings. The number of amides is 1. The van der Waals surface area contributed by atoms with Crippen LogP contribution in [0.15, 0.2) is 24.3 Å². The first-order chi connectivity index (χ1) is 9.04. The smallest absolute Gasteiger partial charge is 0.245 e. The standard InChI is InChI=1S/C16H22N2O/c1-16(2)10-11-6-4-5-7-13(11)14(17-3)15(19)18(16)12-8-9-12/h4-7,12,14,17H,8-10H2,1-3H3. The van der Waals surface area contributed by atoms with E-state index in [-0.39, 0.29) is 17.5 Å². The lowest BCUT2D eigenvalue weighted by atomic mass is 9.91. The summed E-state index contributed by atoms with van der Waals surface area (Å²) in [7, 11) is 1.88. The van der Waals surface area contributed by atoms with Gasteiger partial charge in [-0.2, -0.15) is 0 Å². The summed E-state index contributed by atoms with van der Waals surface area (Å²) in [5.41, 5.74) is 2.34. The van der Waals surface area contributed by atoms with E-state index in [0.29, 0.717) is 6.04 Å². The largest absolute Gasteiger partial charge is 0.333 e. The molecule has 0 radical (unpaired) electrons. The number of rotatable bonds is 2. The third-order valence-corrected chi connectivity index (χ3v) is 4.33. The highest BCUT2D eigenvalue weighted by atomic mass is 16.2. The molecule has 1 N–H and O–H groups in total. The van der Waals surface area contributed by atoms with Gasteiger partial charge in [-0.15, -0.1) is 0 Å². The van der Waals surface area contributed by atoms with Crippen LogP contribution in [-0.4, -0.2) is 29.4 Å². The topological polar surface area (TPSA) is 32.3 Å². The second kappa shape index (κ2) is 4.34. The van der Waals surface area contributed by atoms with Crippen LogP contribution >= 0.6 is 0 Å². The van der Waals surface area contributed by atoms with Crippen molar-refractivity contribution in [2.24, 2.45) is 0 Å². The lowest BCUT2D eigenvalue weighted by Gasteiger charge is -2.38. The van der Waals surface area contributed by atoms with Gasteiger partial charge in [0.25, 0.3) is 0 Å². The first kappa shape index (κ1) is 12.7. The van der Waals surface area contributed by atoms with E-state index in [0.717, 1.165) is 24.8 Å². The molecule has 1 aliphatic heterocycles. The van der Waals surface area contributed by atoms with Crippen molar-refractivity contribution in [3.63, 3.8) is 0 Å². The summed E-state index contributed by atoms with van der Waals surface area (Å²) in [6.45, 7) is 4.38. The van der Waals surface area contributed by atoms with Crippen molar-refractivity contribution in [3.05, 3.63) is 35.4 Å². The van der Waals surface area contributed by atoms with Crippen molar-refractivity contribution >= 4 is 5.91 Å². The third-order valence-electron chi connectivity index (χ3n) is 4.33. The zero-order valence-electron chi connectivity index (χ0n) is 11.9. The van der Waals surface area contributed by atoms with Crippen molar-refractivity contribution in [3.8, 4) is 0 Å². The minimum absolute atomic E-state index is 0.0973. The molecule has 0 aromatic heterocycles. The van der Waals surface area contributed by atoms with E-state index in [4.69, 9.17) is 0 Å². The number of fused-ring (bicyclic) bond motifs is 1. The molecule has 19 heavy (non-hydrogen) atoms. The Labute approximate surface area is 115 Å². The summed E-state index contributed by atoms with van der Waals surface area (Å²) in [6.07, 6.45) is 3.24. The number of hydrogen-bond acceptors (Lipinski definition) is 2. The number of carbonyl (C=O) groups excluding carboxylic acids is 1. The first-order valence-corrected chi connectivity index (χ1v) is 7.13. The lowest BCUT2D eigenvalue weighted by Crippen LogP contribution is -2.51. The van der Waals surface area contributed by atoms with Crippen LogP contribution in [0.1, 0.15) is 43.9 Å². The molecule has 0 saturated heterocycles. The maximum absolute atomic E-state index is 12.9. The average Bonchev–Trinajstić information content (AvgIpc) is 3.15. The lowest BCUT2D eigenvalue weighted by molar-refractivity contribution is -0.139. The van der Waals surface area contributed by atoms with Gasteiger partial charge in [-0.1, -0.05) is 24.3 Å². The van der Waals surface area contributed by atoms with Crippen molar-refractivity contribution in [2.45, 2.75) is 50.7 Å². The monoisotopic (exact) mass is 258 g/mol. The summed E-state index contributed by atoms with van der Waals surface area (Å²) in [5, 5.41) is 3.21. The SMILES string of the molecule is CNC1C(=O)N(C2CC2)C(C)(C)Cc2ccccc21. The maximum Gasteiger partial charge on any atom is 0.245 e. The molecule has 3 nitrogen and oxygen atoms in total. The van der Waals surface area contributed by atoms with Crippen LogP contribution in [0, 0.1) is 0 Å². The Morgan fingerprint density at radius 2 is 1.95 bits per heavy atom. The maximum atomic E-state index is 12.9. The third kappa shape index (κ3) is 2.06. The van der Waals surface area contributed by atoms with Gasteiger partial charge in [0.15, 0.2) is 0 Å². The number of nitrogens with zero attached hydrogens (tertiary/aromatic N) is 1. The molecule has 3 rings (SSSR count). The first-order valence-electron chi connectivity index (χ1n) is 7.13. The highest BCUT2D eigenvalue weighted by molar-refractivity contribution is 5.85. The van der Waals surface area contributed by atoms with Gasteiger partial charge in [-0.25, -0.2) is 0 Å². The van der Waals surface area contributed by atoms with Crippen LogP contribution < -0.4 is 5.32 Å². The van der Waals surface area contributed by atoms with Crippen molar-refractivity contribution in [2.75, 3.05) is 7.05 Å². The van der Waals surface area contributed by atoms with Gasteiger partial charge in [0.1, 0.15) is 6.04 Å². The molecular formula is C16H22N2O. The molecule has 1 saturated carbocycles. The highest BCUT2D eigenvalue weighted by Gasteiger charge is 2.46. The quantitative estimate of drug-likeness (QED) is 0.882. The second-order valence-electron chi connectivity index (χ2n) is 6.35. The van der Waals surface area contributed by atoms with Crippen LogP contribution in [0.25, 0.3) is 0 Å². The van der Waals surface area contributed by atoms with Gasteiger partial charge in [0, 0.05) is 11.6 Å². The zero-order valence-corrected chi connectivity index (χ0v) is 11.9. The van der Waals surface area contributed by atoms with E-state index in [9.17, 15) is 4.79 Å². The molecule has 2 aliphatic rings. The van der Waals surface area contributed by atoms with Crippen LogP contribution in [0.4, 0.5) is 0 Å². The Balaban J connectivity index is 2.09. The van der Waals surface area contributed by atoms with Crippen LogP contribution in [0.2, 0.25) is 0 Å². The predicted molar refractivity (Wildman–Crippen MR) is 75.9 cm³/mol. The fourth-order valence-electron chi connectivity index (χ4n) is 3.38. The fraction of sp³-hybridized carbons (Fsp3) is 0.562. The minimum Gasteiger partial charge on any atom is -0.333 e. The van der Waals surface area contributed by atoms with Gasteiger partial charge in [-0.05, 0) is 51.3 Å². The molecule has 0 bridgehead atoms. The molecule has 102 valence electrons. The number of likely N-dealkylation sites (N-methyl/N-ethyl adjacent to an activating group) is 1. The number of carbonyl (C=O) groups is 1. The Kier molecular flexibility index (Phi) is 2.90. The van der Waals surface area contributed by atoms with Crippen LogP contribution in [0.5, 0.6) is 0 Å². The van der Waals surface area contributed by atoms with Crippen molar-refractivity contribution in [1.82, 2.24) is 10.2 Å². The van der Waals surface area contributed by atoms with E-state index in [1.54, 1.807) is 0 Å². The second-order valence-corrected chi connectivity index (χ2v) is 6.35. The Morgan fingerprint density at radius 1 is 1.26 bits per heavy atom. The fourth-order valence-corrected chi connectivity index (χ4v) is 3.38. The summed E-state index contributed by atoms with van der Waals surface area (Å²) >= 11 is 0. The molecule has 1 aromatic rings. The van der Waals surface area contributed by atoms with Gasteiger partial charge in [0.05, 0.1) is 0 Å². The molecule has 1 aliphatic carbocycles. The highest BCUT2D eigenvalue weighted by Crippen LogP contribution is 2.40. The number of hydrogen-bond donors (Lipinski definition) is 1. The molecule has 1 atom stereocenters. The Morgan fingerprint density at radius 3 is 2.58 bits per heavy atom. The van der Waals surface area contributed by atoms with E-state index in [2.05, 4.69) is 42.3 Å². The normalized spacial score (nSPS) is 25.9. The molecule has 1 heterocycles. The predicted octanol–water partition coefficient (Wildman–Crippen LogP) is 2.27. The molecular weight excluding hydrogens is 236 g/mol. The van der Waals surface area contributed by atoms with Gasteiger partial charge >= 0.3 is 0 Å². The van der Waals surface area contributed by atoms with E-state index < -0.39 is 0 Å². The summed E-state index contributed by atoms with van der Waals surface area (Å²) in [6, 6.07) is 8.59. The zero-order chi connectivity index (χ0) is 13.6. The van der Waals surface area contributed by atoms with Gasteiger partial charge < -0.3 is 10.2 Å². The van der Waals surface area contributed by atoms with Crippen LogP contribution in [0.3, 0.4) is 0 Å². The van der Waals surface area contributed by atoms with Gasteiger partial charge in [0.2, 0.25) is 5.91 Å². The van der Waals surface area contributed by atoms with E-state index in [1.165, 1.54) is 5.56 Å². The van der Waals surface area contributed by atoms with Crippen molar-refractivity contribution < 1.29 is 4.79 Å². The summed E-state index contributed by atoms with van der Waals surface area (Å²) < 4.78 is 0. The molecule has 1 aromatic carbocycles. The summed E-state index contributed by atoms with van der Waals surface area (Å²) in [4.78, 5) is 15.0. The molecule has 1 amide bonds. The number of nitrogens with one attached hydrogen (secondary N) is 1.